The second-order valence-electron chi connectivity index (χ2n) is 5.91. The molecule has 0 aliphatic heterocycles. The number of anilines is 1. The molecule has 2 unspecified atom stereocenters. The van der Waals surface area contributed by atoms with Gasteiger partial charge in [-0.05, 0) is 36.6 Å². The molecule has 1 aliphatic carbocycles. The Morgan fingerprint density at radius 1 is 1.00 bits per heavy atom. The molecule has 0 amide bonds. The fourth-order valence-electron chi connectivity index (χ4n) is 2.98. The van der Waals surface area contributed by atoms with Crippen molar-refractivity contribution < 1.29 is 30.3 Å². The van der Waals surface area contributed by atoms with Crippen molar-refractivity contribution in [2.24, 2.45) is 5.10 Å². The number of nitrogens with zero attached hydrogens (tertiary/aromatic N) is 1. The van der Waals surface area contributed by atoms with Gasteiger partial charge in [0.2, 0.25) is 0 Å². The van der Waals surface area contributed by atoms with Crippen molar-refractivity contribution in [2.45, 2.75) is 12.8 Å². The van der Waals surface area contributed by atoms with Crippen LogP contribution in [-0.2, 0) is 6.42 Å². The number of ether oxygens (including phenoxy) is 2. The van der Waals surface area contributed by atoms with Crippen LogP contribution in [0.25, 0.3) is 0 Å². The van der Waals surface area contributed by atoms with E-state index in [2.05, 4.69) is 10.5 Å². The summed E-state index contributed by atoms with van der Waals surface area (Å²) in [6.07, 6.45) is 1.45. The number of methoxy groups -OCH3 is 2. The molecule has 2 aromatic rings. The van der Waals surface area contributed by atoms with E-state index in [9.17, 15) is 15.6 Å². The summed E-state index contributed by atoms with van der Waals surface area (Å²) >= 11 is 0. The Bertz CT molecular complexity index is 869. The molecule has 0 heterocycles. The molecule has 27 heavy (non-hydrogen) atoms. The maximum Gasteiger partial charge on any atom is 0.195 e. The average Bonchev–Trinajstić information content (AvgIpc) is 3.06. The molecule has 2 atom stereocenters. The molecule has 0 spiro atoms. The third-order valence-electron chi connectivity index (χ3n) is 4.36. The molecule has 0 radical (unpaired) electrons. The largest absolute Gasteiger partial charge is 0.595 e. The lowest BCUT2D eigenvalue weighted by Crippen LogP contribution is -3.00. The highest BCUT2D eigenvalue weighted by Gasteiger charge is 2.22. The topological polar surface area (TPSA) is 138 Å². The third-order valence-corrected chi connectivity index (χ3v) is 4.36. The Morgan fingerprint density at radius 3 is 2.33 bits per heavy atom. The van der Waals surface area contributed by atoms with Crippen LogP contribution in [0.4, 0.5) is 17.1 Å². The SMILES string of the molecule is COc1cc2c(cc1OC)C(=NNc1ccc([NH+]([O-])O)cc1[NH+]([O-])O)CC2. The number of benzene rings is 2. The van der Waals surface area contributed by atoms with Gasteiger partial charge in [-0.2, -0.15) is 15.6 Å². The van der Waals surface area contributed by atoms with E-state index < -0.39 is 10.5 Å². The second kappa shape index (κ2) is 7.88. The molecule has 144 valence electrons. The number of rotatable bonds is 6. The van der Waals surface area contributed by atoms with Gasteiger partial charge in [0.25, 0.3) is 0 Å². The third kappa shape index (κ3) is 3.85. The van der Waals surface area contributed by atoms with Gasteiger partial charge in [0.1, 0.15) is 5.69 Å². The average molecular weight is 376 g/mol. The van der Waals surface area contributed by atoms with Crippen LogP contribution in [0.5, 0.6) is 11.5 Å². The Labute approximate surface area is 154 Å². The monoisotopic (exact) mass is 376 g/mol. The van der Waals surface area contributed by atoms with Crippen LogP contribution >= 0.6 is 0 Å². The number of nitrogens with one attached hydrogen (secondary N) is 3. The number of hydrogen-bond donors (Lipinski definition) is 5. The zero-order chi connectivity index (χ0) is 19.6. The van der Waals surface area contributed by atoms with E-state index in [1.807, 2.05) is 12.1 Å². The minimum atomic E-state index is -1.24. The lowest BCUT2D eigenvalue weighted by molar-refractivity contribution is -0.996. The first-order valence-corrected chi connectivity index (χ1v) is 8.13. The minimum Gasteiger partial charge on any atom is -0.595 e. The van der Waals surface area contributed by atoms with Crippen molar-refractivity contribution >= 4 is 22.8 Å². The fraction of sp³-hybridized carbons (Fsp3) is 0.235. The molecule has 10 nitrogen and oxygen atoms in total. The summed E-state index contributed by atoms with van der Waals surface area (Å²) < 4.78 is 10.6. The van der Waals surface area contributed by atoms with Crippen molar-refractivity contribution in [3.05, 3.63) is 51.9 Å². The highest BCUT2D eigenvalue weighted by molar-refractivity contribution is 6.05. The van der Waals surface area contributed by atoms with Gasteiger partial charge < -0.3 is 19.9 Å². The van der Waals surface area contributed by atoms with Crippen molar-refractivity contribution in [1.29, 1.82) is 0 Å². The molecule has 0 fully saturated rings. The van der Waals surface area contributed by atoms with Crippen molar-refractivity contribution in [1.82, 2.24) is 0 Å². The predicted octanol–water partition coefficient (Wildman–Crippen LogP) is 0.273. The summed E-state index contributed by atoms with van der Waals surface area (Å²) in [4.78, 5) is 0. The first-order chi connectivity index (χ1) is 12.9. The van der Waals surface area contributed by atoms with Crippen LogP contribution in [0.15, 0.2) is 35.4 Å². The summed E-state index contributed by atoms with van der Waals surface area (Å²) in [6.45, 7) is 0. The number of fused-ring (bicyclic) bond motifs is 1. The molecule has 0 saturated heterocycles. The quantitative estimate of drug-likeness (QED) is 0.456. The summed E-state index contributed by atoms with van der Waals surface area (Å²) in [5.41, 5.74) is 5.42. The van der Waals surface area contributed by atoms with Crippen molar-refractivity contribution in [2.75, 3.05) is 19.6 Å². The number of aryl methyl sites for hydroxylation is 1. The lowest BCUT2D eigenvalue weighted by atomic mass is 10.1. The molecule has 10 heteroatoms. The molecular formula is C17H20N4O6. The van der Waals surface area contributed by atoms with Gasteiger partial charge in [0, 0.05) is 11.6 Å². The zero-order valence-corrected chi connectivity index (χ0v) is 14.8. The van der Waals surface area contributed by atoms with Gasteiger partial charge in [0.05, 0.1) is 26.0 Å². The number of quaternary nitrogens is 2. The predicted molar refractivity (Wildman–Crippen MR) is 96.0 cm³/mol. The highest BCUT2D eigenvalue weighted by atomic mass is 16.8. The van der Waals surface area contributed by atoms with E-state index in [4.69, 9.17) is 14.7 Å². The van der Waals surface area contributed by atoms with Gasteiger partial charge in [-0.15, -0.1) is 0 Å². The molecule has 2 aromatic carbocycles. The number of hydrogen-bond acceptors (Lipinski definition) is 8. The van der Waals surface area contributed by atoms with Gasteiger partial charge in [-0.1, -0.05) is 0 Å². The summed E-state index contributed by atoms with van der Waals surface area (Å²) in [6, 6.07) is 7.56. The molecule has 1 aliphatic rings. The van der Waals surface area contributed by atoms with E-state index in [1.54, 1.807) is 14.2 Å². The Balaban J connectivity index is 1.91. The summed E-state index contributed by atoms with van der Waals surface area (Å²) in [5.74, 6) is 1.23. The van der Waals surface area contributed by atoms with Crippen LogP contribution in [0.2, 0.25) is 0 Å². The highest BCUT2D eigenvalue weighted by Crippen LogP contribution is 2.35. The standard InChI is InChI=1S/C17H20N4O6/c1-26-16-7-10-3-5-13(12(10)9-17(16)27-2)18-19-14-6-4-11(20(22)23)8-15(14)21(24)25/h4,6-9,19-22,24H,3,5H2,1-2H3. The Hall–Kier alpha value is -2.73. The van der Waals surface area contributed by atoms with Gasteiger partial charge in [-0.3, -0.25) is 5.43 Å². The molecule has 3 rings (SSSR count). The Morgan fingerprint density at radius 2 is 1.70 bits per heavy atom. The lowest BCUT2D eigenvalue weighted by Gasteiger charge is -2.18. The van der Waals surface area contributed by atoms with Crippen LogP contribution in [0, 0.1) is 10.4 Å². The van der Waals surface area contributed by atoms with Crippen molar-refractivity contribution in [3.8, 4) is 11.5 Å². The van der Waals surface area contributed by atoms with Crippen LogP contribution < -0.4 is 25.4 Å². The van der Waals surface area contributed by atoms with Crippen LogP contribution in [0.1, 0.15) is 17.5 Å². The van der Waals surface area contributed by atoms with E-state index >= 15 is 0 Å². The smallest absolute Gasteiger partial charge is 0.195 e. The maximum atomic E-state index is 11.4. The molecule has 0 saturated carbocycles. The van der Waals surface area contributed by atoms with Gasteiger partial charge >= 0.3 is 0 Å². The minimum absolute atomic E-state index is 0.103. The van der Waals surface area contributed by atoms with Gasteiger partial charge in [-0.25, -0.2) is 10.4 Å². The molecule has 0 bridgehead atoms. The zero-order valence-electron chi connectivity index (χ0n) is 14.8. The normalized spacial score (nSPS) is 16.7. The maximum absolute atomic E-state index is 11.4. The summed E-state index contributed by atoms with van der Waals surface area (Å²) in [7, 11) is 3.13. The van der Waals surface area contributed by atoms with Crippen LogP contribution in [0.3, 0.4) is 0 Å². The van der Waals surface area contributed by atoms with Gasteiger partial charge in [0.15, 0.2) is 22.9 Å². The number of hydrazone groups is 1. The molecule has 0 aromatic heterocycles. The molecule has 5 N–H and O–H groups in total. The van der Waals surface area contributed by atoms with Crippen LogP contribution in [-0.4, -0.2) is 30.3 Å². The molecular weight excluding hydrogens is 356 g/mol. The van der Waals surface area contributed by atoms with Crippen molar-refractivity contribution in [3.63, 3.8) is 0 Å². The summed E-state index contributed by atoms with van der Waals surface area (Å²) in [5, 5.41) is 42.7. The second-order valence-corrected chi connectivity index (χ2v) is 5.91. The van der Waals surface area contributed by atoms with E-state index in [1.165, 1.54) is 12.1 Å². The first kappa shape index (κ1) is 19.0. The van der Waals surface area contributed by atoms with E-state index in [0.717, 1.165) is 29.3 Å². The Kier molecular flexibility index (Phi) is 5.56. The fourth-order valence-corrected chi connectivity index (χ4v) is 2.98. The van der Waals surface area contributed by atoms with E-state index in [0.29, 0.717) is 17.9 Å². The first-order valence-electron chi connectivity index (χ1n) is 8.13. The van der Waals surface area contributed by atoms with E-state index in [-0.39, 0.29) is 17.1 Å².